The van der Waals surface area contributed by atoms with Gasteiger partial charge in [-0.1, -0.05) is 13.3 Å². The quantitative estimate of drug-likeness (QED) is 0.518. The number of carbonyl (C=O) groups is 1. The summed E-state index contributed by atoms with van der Waals surface area (Å²) in [6.45, 7) is 3.19. The minimum atomic E-state index is -1.01. The molecule has 1 amide bonds. The smallest absolute Gasteiger partial charge is 0.220 e. The second-order valence-corrected chi connectivity index (χ2v) is 5.60. The predicted molar refractivity (Wildman–Crippen MR) is 69.5 cm³/mol. The van der Waals surface area contributed by atoms with Gasteiger partial charge >= 0.3 is 0 Å². The average molecular weight is 272 g/mol. The van der Waals surface area contributed by atoms with Crippen LogP contribution in [0.15, 0.2) is 0 Å². The summed E-state index contributed by atoms with van der Waals surface area (Å²) in [4.78, 5) is 13.7. The minimum Gasteiger partial charge on any atom is -0.391 e. The van der Waals surface area contributed by atoms with Gasteiger partial charge in [-0.25, -0.2) is 0 Å². The molecular formula is C13H24N2O4. The highest BCUT2D eigenvalue weighted by molar-refractivity contribution is 5.76. The Morgan fingerprint density at radius 2 is 2.05 bits per heavy atom. The average Bonchev–Trinajstić information content (AvgIpc) is 2.74. The molecule has 1 unspecified atom stereocenters. The number of nitrogens with zero attached hydrogens (tertiary/aromatic N) is 1. The lowest BCUT2D eigenvalue weighted by molar-refractivity contribution is -0.129. The number of aliphatic hydroxyl groups excluding tert-OH is 3. The normalized spacial score (nSPS) is 39.1. The van der Waals surface area contributed by atoms with Gasteiger partial charge in [-0.3, -0.25) is 9.69 Å². The summed E-state index contributed by atoms with van der Waals surface area (Å²) in [7, 11) is 0. The van der Waals surface area contributed by atoms with E-state index in [0.29, 0.717) is 25.9 Å². The van der Waals surface area contributed by atoms with Gasteiger partial charge < -0.3 is 20.6 Å². The van der Waals surface area contributed by atoms with Crippen LogP contribution in [0.1, 0.15) is 32.6 Å². The molecular weight excluding hydrogens is 248 g/mol. The molecule has 110 valence electrons. The fourth-order valence-corrected chi connectivity index (χ4v) is 3.07. The van der Waals surface area contributed by atoms with Crippen molar-refractivity contribution in [2.24, 2.45) is 0 Å². The third-order valence-corrected chi connectivity index (χ3v) is 4.17. The second kappa shape index (κ2) is 6.17. The first-order valence-corrected chi connectivity index (χ1v) is 7.12. The van der Waals surface area contributed by atoms with Crippen LogP contribution >= 0.6 is 0 Å². The first kappa shape index (κ1) is 14.7. The molecule has 4 N–H and O–H groups in total. The Kier molecular flexibility index (Phi) is 4.78. The van der Waals surface area contributed by atoms with Crippen molar-refractivity contribution in [1.82, 2.24) is 10.2 Å². The summed E-state index contributed by atoms with van der Waals surface area (Å²) in [5, 5.41) is 32.7. The standard InChI is InChI=1S/C13H24N2O4/c1-2-3-4-10(17)14-8-7-15-6-5-9(16)11(15)13(19)12(8)18/h8-9,11-13,16,18-19H,2-7H2,1H3,(H,14,17)/t8-,9-,11?,12+,13+/m0/s1. The molecule has 2 saturated heterocycles. The molecule has 0 aromatic rings. The van der Waals surface area contributed by atoms with E-state index in [-0.39, 0.29) is 5.91 Å². The van der Waals surface area contributed by atoms with Crippen molar-refractivity contribution < 1.29 is 20.1 Å². The van der Waals surface area contributed by atoms with Gasteiger partial charge in [0, 0.05) is 19.5 Å². The second-order valence-electron chi connectivity index (χ2n) is 5.60. The van der Waals surface area contributed by atoms with Gasteiger partial charge in [-0.2, -0.15) is 0 Å². The number of aliphatic hydroxyl groups is 3. The van der Waals surface area contributed by atoms with Crippen molar-refractivity contribution in [1.29, 1.82) is 0 Å². The lowest BCUT2D eigenvalue weighted by Gasteiger charge is -2.43. The van der Waals surface area contributed by atoms with Crippen LogP contribution in [0, 0.1) is 0 Å². The molecule has 19 heavy (non-hydrogen) atoms. The van der Waals surface area contributed by atoms with E-state index in [1.54, 1.807) is 0 Å². The minimum absolute atomic E-state index is 0.0868. The number of hydrogen-bond donors (Lipinski definition) is 4. The molecule has 0 spiro atoms. The zero-order valence-corrected chi connectivity index (χ0v) is 11.3. The number of fused-ring (bicyclic) bond motifs is 1. The summed E-state index contributed by atoms with van der Waals surface area (Å²) >= 11 is 0. The highest BCUT2D eigenvalue weighted by Crippen LogP contribution is 2.28. The van der Waals surface area contributed by atoms with Gasteiger partial charge in [0.05, 0.1) is 24.3 Å². The first-order chi connectivity index (χ1) is 9.04. The van der Waals surface area contributed by atoms with E-state index in [2.05, 4.69) is 5.32 Å². The molecule has 0 saturated carbocycles. The van der Waals surface area contributed by atoms with E-state index in [0.717, 1.165) is 12.8 Å². The lowest BCUT2D eigenvalue weighted by atomic mass is 9.91. The lowest BCUT2D eigenvalue weighted by Crippen LogP contribution is -2.65. The molecule has 0 aromatic heterocycles. The van der Waals surface area contributed by atoms with Crippen LogP contribution in [0.5, 0.6) is 0 Å². The Hall–Kier alpha value is -0.690. The predicted octanol–water partition coefficient (Wildman–Crippen LogP) is -1.17. The number of nitrogens with one attached hydrogen (secondary N) is 1. The molecule has 6 nitrogen and oxygen atoms in total. The maximum Gasteiger partial charge on any atom is 0.220 e. The van der Waals surface area contributed by atoms with Crippen LogP contribution in [0.2, 0.25) is 0 Å². The van der Waals surface area contributed by atoms with E-state index in [1.807, 2.05) is 11.8 Å². The van der Waals surface area contributed by atoms with Crippen molar-refractivity contribution in [3.8, 4) is 0 Å². The Morgan fingerprint density at radius 1 is 1.32 bits per heavy atom. The third kappa shape index (κ3) is 3.08. The third-order valence-electron chi connectivity index (χ3n) is 4.17. The number of unbranched alkanes of at least 4 members (excludes halogenated alkanes) is 1. The molecule has 2 rings (SSSR count). The van der Waals surface area contributed by atoms with Crippen LogP contribution in [0.3, 0.4) is 0 Å². The van der Waals surface area contributed by atoms with Crippen LogP contribution in [-0.2, 0) is 4.79 Å². The molecule has 0 bridgehead atoms. The van der Waals surface area contributed by atoms with Crippen molar-refractivity contribution >= 4 is 5.91 Å². The number of rotatable bonds is 4. The van der Waals surface area contributed by atoms with Crippen molar-refractivity contribution in [2.75, 3.05) is 13.1 Å². The zero-order valence-electron chi connectivity index (χ0n) is 11.3. The first-order valence-electron chi connectivity index (χ1n) is 7.12. The van der Waals surface area contributed by atoms with Gasteiger partial charge in [0.1, 0.15) is 6.10 Å². The van der Waals surface area contributed by atoms with Crippen molar-refractivity contribution in [3.05, 3.63) is 0 Å². The van der Waals surface area contributed by atoms with Gasteiger partial charge in [0.25, 0.3) is 0 Å². The molecule has 2 heterocycles. The van der Waals surface area contributed by atoms with E-state index < -0.39 is 30.4 Å². The molecule has 2 aliphatic rings. The van der Waals surface area contributed by atoms with E-state index in [4.69, 9.17) is 0 Å². The largest absolute Gasteiger partial charge is 0.391 e. The number of amides is 1. The summed E-state index contributed by atoms with van der Waals surface area (Å²) in [6, 6.07) is -0.861. The van der Waals surface area contributed by atoms with Crippen molar-refractivity contribution in [2.45, 2.75) is 63.0 Å². The summed E-state index contributed by atoms with van der Waals surface area (Å²) in [5.41, 5.74) is 0. The van der Waals surface area contributed by atoms with E-state index >= 15 is 0 Å². The van der Waals surface area contributed by atoms with Crippen LogP contribution in [-0.4, -0.2) is 69.6 Å². The number of carbonyl (C=O) groups excluding carboxylic acids is 1. The van der Waals surface area contributed by atoms with Crippen LogP contribution in [0.4, 0.5) is 0 Å². The zero-order chi connectivity index (χ0) is 14.0. The summed E-state index contributed by atoms with van der Waals surface area (Å²) < 4.78 is 0. The van der Waals surface area contributed by atoms with E-state index in [1.165, 1.54) is 0 Å². The highest BCUT2D eigenvalue weighted by atomic mass is 16.3. The Bertz CT molecular complexity index is 326. The van der Waals surface area contributed by atoms with Gasteiger partial charge in [0.2, 0.25) is 5.91 Å². The topological polar surface area (TPSA) is 93.0 Å². The monoisotopic (exact) mass is 272 g/mol. The maximum atomic E-state index is 11.7. The fourth-order valence-electron chi connectivity index (χ4n) is 3.07. The maximum absolute atomic E-state index is 11.7. The molecule has 2 fully saturated rings. The molecule has 0 aliphatic carbocycles. The Labute approximate surface area is 113 Å². The SMILES string of the molecule is CCCCC(=O)N[C@H]1CN2CC[C@H](O)C2[C@@H](O)[C@@H]1O. The summed E-state index contributed by atoms with van der Waals surface area (Å²) in [6.07, 6.45) is 0.197. The van der Waals surface area contributed by atoms with Gasteiger partial charge in [0.15, 0.2) is 0 Å². The highest BCUT2D eigenvalue weighted by Gasteiger charge is 2.48. The molecule has 0 aromatic carbocycles. The molecule has 5 atom stereocenters. The van der Waals surface area contributed by atoms with E-state index in [9.17, 15) is 20.1 Å². The molecule has 6 heteroatoms. The number of hydrogen-bond acceptors (Lipinski definition) is 5. The van der Waals surface area contributed by atoms with Gasteiger partial charge in [-0.15, -0.1) is 0 Å². The Morgan fingerprint density at radius 3 is 2.74 bits per heavy atom. The molecule has 2 aliphatic heterocycles. The molecule has 0 radical (unpaired) electrons. The van der Waals surface area contributed by atoms with Crippen LogP contribution < -0.4 is 5.32 Å². The summed E-state index contributed by atoms with van der Waals surface area (Å²) in [5.74, 6) is -0.0868. The van der Waals surface area contributed by atoms with Crippen molar-refractivity contribution in [3.63, 3.8) is 0 Å². The Balaban J connectivity index is 1.94. The van der Waals surface area contributed by atoms with Gasteiger partial charge in [-0.05, 0) is 12.8 Å². The fraction of sp³-hybridized carbons (Fsp3) is 0.923. The number of piperidine rings is 1. The van der Waals surface area contributed by atoms with Crippen LogP contribution in [0.25, 0.3) is 0 Å².